The summed E-state index contributed by atoms with van der Waals surface area (Å²) in [6.45, 7) is 5.52. The van der Waals surface area contributed by atoms with E-state index in [2.05, 4.69) is 26.3 Å². The van der Waals surface area contributed by atoms with Gasteiger partial charge in [-0.15, -0.1) is 5.10 Å². The third-order valence-corrected chi connectivity index (χ3v) is 5.57. The molecule has 0 unspecified atom stereocenters. The van der Waals surface area contributed by atoms with Crippen LogP contribution in [0.5, 0.6) is 5.75 Å². The van der Waals surface area contributed by atoms with Crippen LogP contribution in [-0.4, -0.2) is 49.7 Å². The Bertz CT molecular complexity index is 1420. The quantitative estimate of drug-likeness (QED) is 0.305. The van der Waals surface area contributed by atoms with Crippen molar-refractivity contribution < 1.29 is 14.2 Å². The average Bonchev–Trinajstić information content (AvgIpc) is 3.52. The van der Waals surface area contributed by atoms with Crippen LogP contribution >= 0.6 is 0 Å². The van der Waals surface area contributed by atoms with Gasteiger partial charge in [-0.2, -0.15) is 0 Å². The number of benzene rings is 1. The lowest BCUT2D eigenvalue weighted by Crippen LogP contribution is -2.09. The number of ether oxygens (including phenoxy) is 3. The Morgan fingerprint density at radius 1 is 1.06 bits per heavy atom. The molecule has 1 aromatic carbocycles. The van der Waals surface area contributed by atoms with Gasteiger partial charge in [-0.25, -0.2) is 9.67 Å². The van der Waals surface area contributed by atoms with Gasteiger partial charge in [0.2, 0.25) is 0 Å². The van der Waals surface area contributed by atoms with Crippen LogP contribution < -0.4 is 4.74 Å². The van der Waals surface area contributed by atoms with Crippen molar-refractivity contribution in [2.45, 2.75) is 26.7 Å². The zero-order valence-corrected chi connectivity index (χ0v) is 19.4. The van der Waals surface area contributed by atoms with Crippen LogP contribution in [0.4, 0.5) is 0 Å². The highest BCUT2D eigenvalue weighted by Gasteiger charge is 2.15. The van der Waals surface area contributed by atoms with E-state index in [1.807, 2.05) is 65.8 Å². The molecule has 0 spiro atoms. The van der Waals surface area contributed by atoms with E-state index in [9.17, 15) is 0 Å². The number of rotatable bonds is 9. The molecular weight excluding hydrogens is 432 g/mol. The summed E-state index contributed by atoms with van der Waals surface area (Å²) in [4.78, 5) is 8.85. The molecule has 0 bridgehead atoms. The molecule has 0 N–H and O–H groups in total. The second-order valence-corrected chi connectivity index (χ2v) is 7.79. The van der Waals surface area contributed by atoms with Gasteiger partial charge < -0.3 is 18.6 Å². The highest BCUT2D eigenvalue weighted by molar-refractivity contribution is 5.86. The van der Waals surface area contributed by atoms with Crippen LogP contribution in [0.25, 0.3) is 27.7 Å². The summed E-state index contributed by atoms with van der Waals surface area (Å²) in [6, 6.07) is 10.1. The Morgan fingerprint density at radius 2 is 1.91 bits per heavy atom. The number of hydrogen-bond acceptors (Lipinski definition) is 7. The summed E-state index contributed by atoms with van der Waals surface area (Å²) in [7, 11) is 1.65. The molecule has 174 valence electrons. The van der Waals surface area contributed by atoms with E-state index in [1.165, 1.54) is 0 Å². The minimum atomic E-state index is -0.453. The Labute approximate surface area is 196 Å². The molecule has 0 saturated heterocycles. The lowest BCUT2D eigenvalue weighted by atomic mass is 10.1. The zero-order valence-electron chi connectivity index (χ0n) is 19.4. The molecule has 0 saturated carbocycles. The number of imidazole rings is 1. The first-order valence-corrected chi connectivity index (χ1v) is 11.2. The molecule has 4 heterocycles. The van der Waals surface area contributed by atoms with E-state index in [4.69, 9.17) is 14.2 Å². The molecule has 5 aromatic rings. The summed E-state index contributed by atoms with van der Waals surface area (Å²) < 4.78 is 20.9. The zero-order chi connectivity index (χ0) is 23.5. The van der Waals surface area contributed by atoms with Crippen molar-refractivity contribution in [1.29, 1.82) is 0 Å². The van der Waals surface area contributed by atoms with E-state index in [0.717, 1.165) is 38.8 Å². The number of fused-ring (bicyclic) bond motifs is 2. The normalized spacial score (nSPS) is 11.6. The van der Waals surface area contributed by atoms with Crippen molar-refractivity contribution in [3.05, 3.63) is 72.6 Å². The minimum absolute atomic E-state index is 0.453. The molecule has 0 radical (unpaired) electrons. The average molecular weight is 459 g/mol. The lowest BCUT2D eigenvalue weighted by molar-refractivity contribution is -0.140. The Hall–Kier alpha value is -3.82. The number of aromatic nitrogens is 6. The van der Waals surface area contributed by atoms with Crippen LogP contribution in [-0.2, 0) is 16.0 Å². The maximum Gasteiger partial charge on any atom is 0.185 e. The molecule has 9 heteroatoms. The third kappa shape index (κ3) is 4.23. The Kier molecular flexibility index (Phi) is 6.20. The van der Waals surface area contributed by atoms with Crippen molar-refractivity contribution in [3.8, 4) is 17.0 Å². The number of nitrogens with zero attached hydrogens (tertiary/aromatic N) is 6. The standard InChI is InChI=1S/C25H26N6O3/c1-4-33-25(34-5-2)19-11-18-9-17(10-23(32-3)24(18)27-12-19)14-31-15-21(28-29-31)20-7-6-8-30-16-26-13-22(20)30/h6-13,15-16,25H,4-5,14H2,1-3H3. The SMILES string of the molecule is CCOC(OCC)c1cnc2c(OC)cc(Cn3cc(-c4cccn5cncc45)nn3)cc2c1. The van der Waals surface area contributed by atoms with Gasteiger partial charge in [0.1, 0.15) is 17.0 Å². The summed E-state index contributed by atoms with van der Waals surface area (Å²) in [5.41, 5.74) is 5.43. The fraction of sp³-hybridized carbons (Fsp3) is 0.280. The van der Waals surface area contributed by atoms with Crippen LogP contribution in [0.2, 0.25) is 0 Å². The second-order valence-electron chi connectivity index (χ2n) is 7.79. The van der Waals surface area contributed by atoms with Gasteiger partial charge in [-0.3, -0.25) is 4.98 Å². The Morgan fingerprint density at radius 3 is 2.71 bits per heavy atom. The fourth-order valence-electron chi connectivity index (χ4n) is 4.06. The molecule has 0 amide bonds. The van der Waals surface area contributed by atoms with Gasteiger partial charge in [-0.05, 0) is 49.7 Å². The van der Waals surface area contributed by atoms with E-state index in [-0.39, 0.29) is 0 Å². The summed E-state index contributed by atoms with van der Waals surface area (Å²) in [5.74, 6) is 0.702. The van der Waals surface area contributed by atoms with Crippen molar-refractivity contribution in [2.24, 2.45) is 0 Å². The van der Waals surface area contributed by atoms with Gasteiger partial charge in [0, 0.05) is 42.1 Å². The molecule has 9 nitrogen and oxygen atoms in total. The molecule has 0 aliphatic heterocycles. The van der Waals surface area contributed by atoms with Gasteiger partial charge in [-0.1, -0.05) is 5.21 Å². The topological polar surface area (TPSA) is 88.6 Å². The highest BCUT2D eigenvalue weighted by atomic mass is 16.7. The molecule has 5 rings (SSSR count). The van der Waals surface area contributed by atoms with E-state index < -0.39 is 6.29 Å². The van der Waals surface area contributed by atoms with E-state index >= 15 is 0 Å². The summed E-state index contributed by atoms with van der Waals surface area (Å²) in [6.07, 6.45) is 8.82. The van der Waals surface area contributed by atoms with Crippen molar-refractivity contribution in [3.63, 3.8) is 0 Å². The lowest BCUT2D eigenvalue weighted by Gasteiger charge is -2.18. The molecular formula is C25H26N6O3. The monoisotopic (exact) mass is 458 g/mol. The fourth-order valence-corrected chi connectivity index (χ4v) is 4.06. The highest BCUT2D eigenvalue weighted by Crippen LogP contribution is 2.30. The van der Waals surface area contributed by atoms with Crippen LogP contribution in [0.1, 0.15) is 31.3 Å². The largest absolute Gasteiger partial charge is 0.494 e. The predicted molar refractivity (Wildman–Crippen MR) is 128 cm³/mol. The van der Waals surface area contributed by atoms with E-state index in [0.29, 0.717) is 25.5 Å². The molecule has 34 heavy (non-hydrogen) atoms. The summed E-state index contributed by atoms with van der Waals surface area (Å²) >= 11 is 0. The van der Waals surface area contributed by atoms with Crippen molar-refractivity contribution >= 4 is 16.4 Å². The van der Waals surface area contributed by atoms with Gasteiger partial charge >= 0.3 is 0 Å². The minimum Gasteiger partial charge on any atom is -0.494 e. The van der Waals surface area contributed by atoms with Crippen molar-refractivity contribution in [1.82, 2.24) is 29.4 Å². The molecule has 4 aromatic heterocycles. The first-order valence-electron chi connectivity index (χ1n) is 11.2. The Balaban J connectivity index is 1.47. The van der Waals surface area contributed by atoms with E-state index in [1.54, 1.807) is 19.6 Å². The molecule has 0 aliphatic rings. The maximum absolute atomic E-state index is 5.75. The number of methoxy groups -OCH3 is 1. The van der Waals surface area contributed by atoms with Crippen molar-refractivity contribution in [2.75, 3.05) is 20.3 Å². The number of pyridine rings is 2. The smallest absolute Gasteiger partial charge is 0.185 e. The third-order valence-electron chi connectivity index (χ3n) is 5.57. The first-order chi connectivity index (χ1) is 16.7. The van der Waals surface area contributed by atoms with Gasteiger partial charge in [0.25, 0.3) is 0 Å². The number of hydrogen-bond donors (Lipinski definition) is 0. The first kappa shape index (κ1) is 22.0. The second kappa shape index (κ2) is 9.58. The van der Waals surface area contributed by atoms with Crippen LogP contribution in [0.15, 0.2) is 61.4 Å². The predicted octanol–water partition coefficient (Wildman–Crippen LogP) is 4.27. The van der Waals surface area contributed by atoms with Crippen LogP contribution in [0.3, 0.4) is 0 Å². The van der Waals surface area contributed by atoms with Gasteiger partial charge in [0.05, 0.1) is 37.9 Å². The summed E-state index contributed by atoms with van der Waals surface area (Å²) in [5, 5.41) is 9.69. The molecule has 0 fully saturated rings. The molecule has 0 atom stereocenters. The molecule has 0 aliphatic carbocycles. The maximum atomic E-state index is 5.75. The van der Waals surface area contributed by atoms with Crippen LogP contribution in [0, 0.1) is 0 Å². The van der Waals surface area contributed by atoms with Gasteiger partial charge in [0.15, 0.2) is 6.29 Å².